The molecule has 0 aliphatic carbocycles. The van der Waals surface area contributed by atoms with E-state index in [-0.39, 0.29) is 0 Å². The zero-order valence-corrected chi connectivity index (χ0v) is 12.8. The van der Waals surface area contributed by atoms with Crippen LogP contribution in [0.3, 0.4) is 0 Å². The lowest BCUT2D eigenvalue weighted by molar-refractivity contribution is 0.0522. The van der Waals surface area contributed by atoms with Gasteiger partial charge in [0.05, 0.1) is 5.71 Å². The summed E-state index contributed by atoms with van der Waals surface area (Å²) in [6, 6.07) is 15.4. The first-order chi connectivity index (χ1) is 10.7. The molecule has 0 unspecified atom stereocenters. The van der Waals surface area contributed by atoms with Crippen LogP contribution in [0.25, 0.3) is 5.69 Å². The molecule has 5 heteroatoms. The largest absolute Gasteiger partial charge is 0.375 e. The second-order valence-electron chi connectivity index (χ2n) is 4.67. The molecule has 0 saturated heterocycles. The van der Waals surface area contributed by atoms with E-state index in [9.17, 15) is 4.79 Å². The Balaban J connectivity index is 1.70. The molecule has 22 heavy (non-hydrogen) atoms. The molecule has 0 atom stereocenters. The van der Waals surface area contributed by atoms with Crippen molar-refractivity contribution in [1.82, 2.24) is 4.57 Å². The lowest BCUT2D eigenvalue weighted by Gasteiger charge is -2.05. The van der Waals surface area contributed by atoms with E-state index in [2.05, 4.69) is 5.16 Å². The second kappa shape index (κ2) is 6.41. The van der Waals surface area contributed by atoms with E-state index in [0.29, 0.717) is 10.6 Å². The number of rotatable bonds is 4. The molecule has 0 amide bonds. The molecule has 2 heterocycles. The fourth-order valence-electron chi connectivity index (χ4n) is 1.98. The highest BCUT2D eigenvalue weighted by Gasteiger charge is 2.08. The summed E-state index contributed by atoms with van der Waals surface area (Å²) in [6.45, 7) is 1.81. The molecule has 0 N–H and O–H groups in total. The fraction of sp³-hybridized carbons (Fsp3) is 0.0588. The average Bonchev–Trinajstić information content (AvgIpc) is 3.25. The maximum Gasteiger partial charge on any atom is 0.375 e. The van der Waals surface area contributed by atoms with Crippen molar-refractivity contribution in [3.05, 3.63) is 76.7 Å². The van der Waals surface area contributed by atoms with Crippen molar-refractivity contribution in [1.29, 1.82) is 0 Å². The van der Waals surface area contributed by atoms with Crippen molar-refractivity contribution in [3.8, 4) is 5.69 Å². The van der Waals surface area contributed by atoms with E-state index < -0.39 is 5.97 Å². The molecular formula is C17H14N2O2S. The monoisotopic (exact) mass is 310 g/mol. The number of thiophene rings is 1. The Kier molecular flexibility index (Phi) is 4.16. The van der Waals surface area contributed by atoms with Crippen molar-refractivity contribution < 1.29 is 9.63 Å². The topological polar surface area (TPSA) is 43.6 Å². The van der Waals surface area contributed by atoms with E-state index in [1.54, 1.807) is 12.1 Å². The van der Waals surface area contributed by atoms with Crippen LogP contribution in [-0.4, -0.2) is 16.2 Å². The smallest absolute Gasteiger partial charge is 0.324 e. The Morgan fingerprint density at radius 2 is 1.82 bits per heavy atom. The number of hydrogen-bond acceptors (Lipinski definition) is 4. The molecule has 0 radical (unpaired) electrons. The number of benzene rings is 1. The molecule has 0 aliphatic rings. The SMILES string of the molecule is C/C(=N\OC(=O)c1cccs1)c1ccc(-n2cccc2)cc1. The minimum atomic E-state index is -0.432. The van der Waals surface area contributed by atoms with Crippen LogP contribution >= 0.6 is 11.3 Å². The third kappa shape index (κ3) is 3.15. The van der Waals surface area contributed by atoms with Gasteiger partial charge >= 0.3 is 5.97 Å². The highest BCUT2D eigenvalue weighted by Crippen LogP contribution is 2.13. The van der Waals surface area contributed by atoms with Crippen LogP contribution in [0.2, 0.25) is 0 Å². The van der Waals surface area contributed by atoms with Crippen molar-refractivity contribution in [3.63, 3.8) is 0 Å². The van der Waals surface area contributed by atoms with Gasteiger partial charge in [-0.15, -0.1) is 11.3 Å². The van der Waals surface area contributed by atoms with Gasteiger partial charge in [-0.25, -0.2) is 4.79 Å². The summed E-state index contributed by atoms with van der Waals surface area (Å²) in [4.78, 5) is 17.2. The number of nitrogens with zero attached hydrogens (tertiary/aromatic N) is 2. The molecule has 0 spiro atoms. The van der Waals surface area contributed by atoms with E-state index in [1.165, 1.54) is 11.3 Å². The van der Waals surface area contributed by atoms with Gasteiger partial charge in [-0.05, 0) is 48.2 Å². The predicted molar refractivity (Wildman–Crippen MR) is 87.7 cm³/mol. The first kappa shape index (κ1) is 14.3. The molecule has 0 aliphatic heterocycles. The van der Waals surface area contributed by atoms with E-state index >= 15 is 0 Å². The molecule has 3 aromatic rings. The Bertz CT molecular complexity index is 773. The summed E-state index contributed by atoms with van der Waals surface area (Å²) in [5.41, 5.74) is 2.64. The van der Waals surface area contributed by atoms with Crippen LogP contribution in [0.4, 0.5) is 0 Å². The number of oxime groups is 1. The van der Waals surface area contributed by atoms with Gasteiger partial charge in [-0.1, -0.05) is 23.4 Å². The normalized spacial score (nSPS) is 11.4. The number of aromatic nitrogens is 1. The predicted octanol–water partition coefficient (Wildman–Crippen LogP) is 4.12. The summed E-state index contributed by atoms with van der Waals surface area (Å²) in [5.74, 6) is -0.432. The second-order valence-corrected chi connectivity index (χ2v) is 5.62. The molecule has 0 saturated carbocycles. The highest BCUT2D eigenvalue weighted by molar-refractivity contribution is 7.11. The minimum absolute atomic E-state index is 0.432. The first-order valence-electron chi connectivity index (χ1n) is 6.77. The van der Waals surface area contributed by atoms with Gasteiger partial charge in [0.1, 0.15) is 4.88 Å². The lowest BCUT2D eigenvalue weighted by Crippen LogP contribution is -2.02. The van der Waals surface area contributed by atoms with Crippen LogP contribution < -0.4 is 0 Å². The number of carbonyl (C=O) groups excluding carboxylic acids is 1. The van der Waals surface area contributed by atoms with Gasteiger partial charge in [0, 0.05) is 18.1 Å². The standard InChI is InChI=1S/C17H14N2O2S/c1-13(18-21-17(20)16-5-4-12-22-16)14-6-8-15(9-7-14)19-10-2-3-11-19/h2-12H,1H3/b18-13+. The number of hydrogen-bond donors (Lipinski definition) is 0. The third-order valence-electron chi connectivity index (χ3n) is 3.18. The third-order valence-corrected chi connectivity index (χ3v) is 4.03. The van der Waals surface area contributed by atoms with Gasteiger partial charge in [0.15, 0.2) is 0 Å². The molecular weight excluding hydrogens is 296 g/mol. The maximum atomic E-state index is 11.7. The fourth-order valence-corrected chi connectivity index (χ4v) is 2.58. The molecule has 2 aromatic heterocycles. The van der Waals surface area contributed by atoms with Crippen LogP contribution in [-0.2, 0) is 4.84 Å². The molecule has 110 valence electrons. The van der Waals surface area contributed by atoms with Crippen molar-refractivity contribution >= 4 is 23.0 Å². The van der Waals surface area contributed by atoms with Gasteiger partial charge in [-0.2, -0.15) is 0 Å². The van der Waals surface area contributed by atoms with Crippen LogP contribution in [0.1, 0.15) is 22.2 Å². The van der Waals surface area contributed by atoms with E-state index in [1.807, 2.05) is 65.7 Å². The van der Waals surface area contributed by atoms with E-state index in [4.69, 9.17) is 4.84 Å². The molecule has 3 rings (SSSR count). The quantitative estimate of drug-likeness (QED) is 0.413. The van der Waals surface area contributed by atoms with Gasteiger partial charge in [0.25, 0.3) is 0 Å². The Labute approximate surface area is 132 Å². The van der Waals surface area contributed by atoms with Gasteiger partial charge in [0.2, 0.25) is 0 Å². The van der Waals surface area contributed by atoms with Crippen LogP contribution in [0.5, 0.6) is 0 Å². The first-order valence-corrected chi connectivity index (χ1v) is 7.65. The lowest BCUT2D eigenvalue weighted by atomic mass is 10.1. The zero-order chi connectivity index (χ0) is 15.4. The summed E-state index contributed by atoms with van der Waals surface area (Å²) < 4.78 is 2.02. The summed E-state index contributed by atoms with van der Waals surface area (Å²) in [5, 5.41) is 5.74. The Hall–Kier alpha value is -2.66. The Morgan fingerprint density at radius 1 is 1.09 bits per heavy atom. The van der Waals surface area contributed by atoms with Crippen molar-refractivity contribution in [2.45, 2.75) is 6.92 Å². The number of carbonyl (C=O) groups is 1. The van der Waals surface area contributed by atoms with Gasteiger partial charge in [-0.3, -0.25) is 0 Å². The molecule has 0 fully saturated rings. The highest BCUT2D eigenvalue weighted by atomic mass is 32.1. The van der Waals surface area contributed by atoms with Crippen molar-refractivity contribution in [2.24, 2.45) is 5.16 Å². The van der Waals surface area contributed by atoms with E-state index in [0.717, 1.165) is 11.3 Å². The van der Waals surface area contributed by atoms with Crippen molar-refractivity contribution in [2.75, 3.05) is 0 Å². The van der Waals surface area contributed by atoms with Gasteiger partial charge < -0.3 is 9.40 Å². The van der Waals surface area contributed by atoms with Crippen LogP contribution in [0, 0.1) is 0 Å². The molecule has 0 bridgehead atoms. The summed E-state index contributed by atoms with van der Waals surface area (Å²) >= 11 is 1.33. The molecule has 1 aromatic carbocycles. The molecule has 4 nitrogen and oxygen atoms in total. The maximum absolute atomic E-state index is 11.7. The summed E-state index contributed by atoms with van der Waals surface area (Å²) in [6.07, 6.45) is 3.97. The zero-order valence-electron chi connectivity index (χ0n) is 12.0. The average molecular weight is 310 g/mol. The van der Waals surface area contributed by atoms with Crippen LogP contribution in [0.15, 0.2) is 71.5 Å². The summed E-state index contributed by atoms with van der Waals surface area (Å²) in [7, 11) is 0. The Morgan fingerprint density at radius 3 is 2.45 bits per heavy atom. The minimum Gasteiger partial charge on any atom is -0.324 e.